The average molecular weight is 265 g/mol. The number of ether oxygens (including phenoxy) is 2. The molecule has 0 fully saturated rings. The second-order valence-electron chi connectivity index (χ2n) is 5.84. The number of anilines is 1. The van der Waals surface area contributed by atoms with Gasteiger partial charge in [-0.15, -0.1) is 0 Å². The molecule has 0 aliphatic carbocycles. The molecule has 0 saturated carbocycles. The minimum Gasteiger partial charge on any atom is -0.491 e. The summed E-state index contributed by atoms with van der Waals surface area (Å²) in [6.07, 6.45) is 0.946. The standard InChI is InChI=1S/C16H27NO2/c1-13(2)12-19-15-9-7-6-8-14(15)17-11-10-16(3,4)18-5/h6-9,13,17H,10-12H2,1-5H3. The van der Waals surface area contributed by atoms with E-state index < -0.39 is 0 Å². The first-order valence-corrected chi connectivity index (χ1v) is 6.95. The predicted octanol–water partition coefficient (Wildman–Crippen LogP) is 3.95. The molecule has 0 aromatic heterocycles. The van der Waals surface area contributed by atoms with Gasteiger partial charge in [0.15, 0.2) is 0 Å². The molecular weight excluding hydrogens is 238 g/mol. The van der Waals surface area contributed by atoms with Gasteiger partial charge < -0.3 is 14.8 Å². The van der Waals surface area contributed by atoms with Gasteiger partial charge >= 0.3 is 0 Å². The Bertz CT molecular complexity index is 375. The number of hydrogen-bond donors (Lipinski definition) is 1. The van der Waals surface area contributed by atoms with Crippen LogP contribution in [0.25, 0.3) is 0 Å². The predicted molar refractivity (Wildman–Crippen MR) is 81.0 cm³/mol. The van der Waals surface area contributed by atoms with E-state index in [1.54, 1.807) is 7.11 Å². The molecule has 0 saturated heterocycles. The third-order valence-electron chi connectivity index (χ3n) is 3.05. The fourth-order valence-electron chi connectivity index (χ4n) is 1.60. The maximum absolute atomic E-state index is 5.81. The van der Waals surface area contributed by atoms with Crippen molar-refractivity contribution >= 4 is 5.69 Å². The second kappa shape index (κ2) is 7.39. The van der Waals surface area contributed by atoms with Gasteiger partial charge in [0.1, 0.15) is 5.75 Å². The summed E-state index contributed by atoms with van der Waals surface area (Å²) in [7, 11) is 1.75. The van der Waals surface area contributed by atoms with Crippen LogP contribution >= 0.6 is 0 Å². The smallest absolute Gasteiger partial charge is 0.142 e. The van der Waals surface area contributed by atoms with Crippen molar-refractivity contribution in [3.8, 4) is 5.75 Å². The molecular formula is C16H27NO2. The molecule has 0 amide bonds. The number of para-hydroxylation sites is 2. The Kier molecular flexibility index (Phi) is 6.16. The Hall–Kier alpha value is -1.22. The fraction of sp³-hybridized carbons (Fsp3) is 0.625. The van der Waals surface area contributed by atoms with Gasteiger partial charge in [-0.25, -0.2) is 0 Å². The Morgan fingerprint density at radius 3 is 2.53 bits per heavy atom. The largest absolute Gasteiger partial charge is 0.491 e. The van der Waals surface area contributed by atoms with Gasteiger partial charge in [0.25, 0.3) is 0 Å². The van der Waals surface area contributed by atoms with E-state index >= 15 is 0 Å². The summed E-state index contributed by atoms with van der Waals surface area (Å²) in [5.41, 5.74) is 0.954. The van der Waals surface area contributed by atoms with Crippen LogP contribution in [0.1, 0.15) is 34.1 Å². The first-order chi connectivity index (χ1) is 8.94. The molecule has 108 valence electrons. The molecule has 3 nitrogen and oxygen atoms in total. The lowest BCUT2D eigenvalue weighted by Gasteiger charge is -2.23. The number of hydrogen-bond acceptors (Lipinski definition) is 3. The highest BCUT2D eigenvalue weighted by Crippen LogP contribution is 2.24. The summed E-state index contributed by atoms with van der Waals surface area (Å²) in [6.45, 7) is 10.1. The summed E-state index contributed by atoms with van der Waals surface area (Å²) < 4.78 is 11.2. The summed E-state index contributed by atoms with van der Waals surface area (Å²) in [4.78, 5) is 0. The topological polar surface area (TPSA) is 30.5 Å². The van der Waals surface area contributed by atoms with E-state index in [0.29, 0.717) is 5.92 Å². The molecule has 0 spiro atoms. The SMILES string of the molecule is COC(C)(C)CCNc1ccccc1OCC(C)C. The van der Waals surface area contributed by atoms with Crippen molar-refractivity contribution in [2.24, 2.45) is 5.92 Å². The lowest BCUT2D eigenvalue weighted by molar-refractivity contribution is 0.0185. The monoisotopic (exact) mass is 265 g/mol. The minimum atomic E-state index is -0.0965. The maximum Gasteiger partial charge on any atom is 0.142 e. The zero-order valence-corrected chi connectivity index (χ0v) is 12.8. The Balaban J connectivity index is 2.53. The van der Waals surface area contributed by atoms with E-state index in [1.807, 2.05) is 18.2 Å². The highest BCUT2D eigenvalue weighted by molar-refractivity contribution is 5.56. The zero-order valence-electron chi connectivity index (χ0n) is 12.8. The summed E-state index contributed by atoms with van der Waals surface area (Å²) >= 11 is 0. The molecule has 1 rings (SSSR count). The molecule has 0 aliphatic heterocycles. The normalized spacial score (nSPS) is 11.7. The lowest BCUT2D eigenvalue weighted by atomic mass is 10.1. The zero-order chi connectivity index (χ0) is 14.3. The molecule has 0 atom stereocenters. The van der Waals surface area contributed by atoms with E-state index in [0.717, 1.165) is 31.0 Å². The molecule has 1 N–H and O–H groups in total. The molecule has 0 radical (unpaired) electrons. The van der Waals surface area contributed by atoms with Crippen LogP contribution in [0, 0.1) is 5.92 Å². The molecule has 19 heavy (non-hydrogen) atoms. The van der Waals surface area contributed by atoms with Crippen LogP contribution in [-0.4, -0.2) is 25.9 Å². The minimum absolute atomic E-state index is 0.0965. The van der Waals surface area contributed by atoms with Crippen LogP contribution < -0.4 is 10.1 Å². The quantitative estimate of drug-likeness (QED) is 0.772. The highest BCUT2D eigenvalue weighted by atomic mass is 16.5. The summed E-state index contributed by atoms with van der Waals surface area (Å²) in [5, 5.41) is 3.42. The van der Waals surface area contributed by atoms with Gasteiger partial charge in [-0.3, -0.25) is 0 Å². The van der Waals surface area contributed by atoms with Crippen molar-refractivity contribution in [3.63, 3.8) is 0 Å². The van der Waals surface area contributed by atoms with Gasteiger partial charge in [-0.1, -0.05) is 26.0 Å². The molecule has 3 heteroatoms. The number of rotatable bonds is 8. The number of methoxy groups -OCH3 is 1. The van der Waals surface area contributed by atoms with E-state index in [9.17, 15) is 0 Å². The Labute approximate surface area is 117 Å². The fourth-order valence-corrected chi connectivity index (χ4v) is 1.60. The lowest BCUT2D eigenvalue weighted by Crippen LogP contribution is -2.25. The molecule has 1 aromatic carbocycles. The van der Waals surface area contributed by atoms with E-state index in [4.69, 9.17) is 9.47 Å². The molecule has 0 bridgehead atoms. The highest BCUT2D eigenvalue weighted by Gasteiger charge is 2.15. The molecule has 0 heterocycles. The van der Waals surface area contributed by atoms with Crippen LogP contribution in [0.2, 0.25) is 0 Å². The first-order valence-electron chi connectivity index (χ1n) is 6.95. The van der Waals surface area contributed by atoms with Crippen molar-refractivity contribution in [3.05, 3.63) is 24.3 Å². The van der Waals surface area contributed by atoms with Gasteiger partial charge in [0.2, 0.25) is 0 Å². The van der Waals surface area contributed by atoms with Crippen molar-refractivity contribution in [1.29, 1.82) is 0 Å². The summed E-state index contributed by atoms with van der Waals surface area (Å²) in [5.74, 6) is 1.45. The van der Waals surface area contributed by atoms with Gasteiger partial charge in [0, 0.05) is 13.7 Å². The van der Waals surface area contributed by atoms with Crippen molar-refractivity contribution in [2.75, 3.05) is 25.6 Å². The Morgan fingerprint density at radius 2 is 1.89 bits per heavy atom. The van der Waals surface area contributed by atoms with E-state index in [-0.39, 0.29) is 5.60 Å². The van der Waals surface area contributed by atoms with Crippen LogP contribution in [0.3, 0.4) is 0 Å². The van der Waals surface area contributed by atoms with Crippen molar-refractivity contribution in [1.82, 2.24) is 0 Å². The Morgan fingerprint density at radius 1 is 1.21 bits per heavy atom. The third-order valence-corrected chi connectivity index (χ3v) is 3.05. The van der Waals surface area contributed by atoms with Crippen molar-refractivity contribution < 1.29 is 9.47 Å². The number of benzene rings is 1. The summed E-state index contributed by atoms with van der Waals surface area (Å²) in [6, 6.07) is 8.08. The van der Waals surface area contributed by atoms with Crippen LogP contribution in [-0.2, 0) is 4.74 Å². The van der Waals surface area contributed by atoms with E-state index in [1.165, 1.54) is 0 Å². The van der Waals surface area contributed by atoms with Gasteiger partial charge in [0.05, 0.1) is 17.9 Å². The molecule has 0 aliphatic rings. The molecule has 0 unspecified atom stereocenters. The van der Waals surface area contributed by atoms with Gasteiger partial charge in [-0.05, 0) is 38.3 Å². The van der Waals surface area contributed by atoms with Crippen LogP contribution in [0.5, 0.6) is 5.75 Å². The van der Waals surface area contributed by atoms with Gasteiger partial charge in [-0.2, -0.15) is 0 Å². The third kappa shape index (κ3) is 5.97. The second-order valence-corrected chi connectivity index (χ2v) is 5.84. The number of nitrogens with one attached hydrogen (secondary N) is 1. The van der Waals surface area contributed by atoms with Crippen molar-refractivity contribution in [2.45, 2.75) is 39.7 Å². The van der Waals surface area contributed by atoms with Crippen LogP contribution in [0.15, 0.2) is 24.3 Å². The average Bonchev–Trinajstić information content (AvgIpc) is 2.37. The van der Waals surface area contributed by atoms with Crippen LogP contribution in [0.4, 0.5) is 5.69 Å². The first kappa shape index (κ1) is 15.8. The maximum atomic E-state index is 5.81. The molecule has 1 aromatic rings. The van der Waals surface area contributed by atoms with E-state index in [2.05, 4.69) is 39.1 Å².